The number of carbonyl (C=O) groups is 1. The first-order valence-corrected chi connectivity index (χ1v) is 5.86. The molecular weight excluding hydrogens is 236 g/mol. The second-order valence-electron chi connectivity index (χ2n) is 3.37. The monoisotopic (exact) mass is 244 g/mol. The van der Waals surface area contributed by atoms with E-state index in [1.54, 1.807) is 29.0 Å². The second-order valence-corrected chi connectivity index (χ2v) is 4.32. The Morgan fingerprint density at radius 1 is 1.35 bits per heavy atom. The summed E-state index contributed by atoms with van der Waals surface area (Å²) in [6.07, 6.45) is 3.24. The molecule has 1 N–H and O–H groups in total. The minimum absolute atomic E-state index is 0.146. The number of aromatic nitrogens is 3. The molecule has 0 saturated heterocycles. The molecule has 3 heterocycles. The van der Waals surface area contributed by atoms with E-state index < -0.39 is 0 Å². The van der Waals surface area contributed by atoms with Gasteiger partial charge in [-0.15, -0.1) is 11.3 Å². The molecule has 3 rings (SSSR count). The Morgan fingerprint density at radius 2 is 2.29 bits per heavy atom. The van der Waals surface area contributed by atoms with E-state index in [2.05, 4.69) is 15.4 Å². The summed E-state index contributed by atoms with van der Waals surface area (Å²) in [5, 5.41) is 8.76. The number of rotatable bonds is 2. The summed E-state index contributed by atoms with van der Waals surface area (Å²) in [6.45, 7) is 0. The van der Waals surface area contributed by atoms with Gasteiger partial charge in [-0.1, -0.05) is 6.07 Å². The Morgan fingerprint density at radius 3 is 3.12 bits per heavy atom. The Kier molecular flexibility index (Phi) is 2.34. The fourth-order valence-corrected chi connectivity index (χ4v) is 2.12. The van der Waals surface area contributed by atoms with Gasteiger partial charge < -0.3 is 5.32 Å². The molecule has 3 aromatic heterocycles. The quantitative estimate of drug-likeness (QED) is 0.750. The highest BCUT2D eigenvalue weighted by Crippen LogP contribution is 2.13. The van der Waals surface area contributed by atoms with Crippen LogP contribution in [-0.4, -0.2) is 20.5 Å². The Hall–Kier alpha value is -2.21. The third-order valence-electron chi connectivity index (χ3n) is 2.26. The molecule has 0 radical (unpaired) electrons. The summed E-state index contributed by atoms with van der Waals surface area (Å²) in [5.41, 5.74) is 0.703. The highest BCUT2D eigenvalue weighted by Gasteiger charge is 2.10. The van der Waals surface area contributed by atoms with Gasteiger partial charge in [0.2, 0.25) is 0 Å². The minimum Gasteiger partial charge on any atom is -0.304 e. The van der Waals surface area contributed by atoms with Crippen molar-refractivity contribution in [1.82, 2.24) is 14.6 Å². The first-order valence-electron chi connectivity index (χ1n) is 4.98. The largest absolute Gasteiger partial charge is 0.304 e. The zero-order valence-electron chi connectivity index (χ0n) is 8.70. The van der Waals surface area contributed by atoms with Gasteiger partial charge >= 0.3 is 0 Å². The molecule has 0 aliphatic heterocycles. The van der Waals surface area contributed by atoms with Gasteiger partial charge in [0.05, 0.1) is 11.1 Å². The number of carbonyl (C=O) groups excluding carboxylic acids is 1. The van der Waals surface area contributed by atoms with Crippen LogP contribution >= 0.6 is 11.3 Å². The van der Waals surface area contributed by atoms with Crippen LogP contribution in [0.3, 0.4) is 0 Å². The van der Waals surface area contributed by atoms with Crippen LogP contribution in [0.25, 0.3) is 5.65 Å². The number of hydrogen-bond donors (Lipinski definition) is 1. The first-order chi connectivity index (χ1) is 8.34. The topological polar surface area (TPSA) is 59.3 Å². The molecule has 0 aliphatic carbocycles. The summed E-state index contributed by atoms with van der Waals surface area (Å²) in [6, 6.07) is 7.24. The van der Waals surface area contributed by atoms with Crippen molar-refractivity contribution in [1.29, 1.82) is 0 Å². The average molecular weight is 244 g/mol. The molecule has 17 heavy (non-hydrogen) atoms. The van der Waals surface area contributed by atoms with Crippen molar-refractivity contribution < 1.29 is 4.79 Å². The number of amides is 1. The van der Waals surface area contributed by atoms with Gasteiger partial charge in [0.1, 0.15) is 0 Å². The molecule has 0 unspecified atom stereocenters. The van der Waals surface area contributed by atoms with Crippen LogP contribution in [-0.2, 0) is 0 Å². The lowest BCUT2D eigenvalue weighted by Gasteiger charge is -2.01. The Balaban J connectivity index is 1.93. The maximum atomic E-state index is 11.8. The Labute approximate surface area is 101 Å². The fraction of sp³-hybridized carbons (Fsp3) is 0. The van der Waals surface area contributed by atoms with E-state index >= 15 is 0 Å². The summed E-state index contributed by atoms with van der Waals surface area (Å²) in [7, 11) is 0. The average Bonchev–Trinajstić information content (AvgIpc) is 2.98. The van der Waals surface area contributed by atoms with Gasteiger partial charge in [-0.25, -0.2) is 4.98 Å². The molecule has 0 bridgehead atoms. The number of imidazole rings is 1. The van der Waals surface area contributed by atoms with Crippen molar-refractivity contribution in [2.45, 2.75) is 0 Å². The molecule has 3 aromatic rings. The molecule has 0 saturated carbocycles. The molecule has 0 spiro atoms. The van der Waals surface area contributed by atoms with Crippen molar-refractivity contribution in [3.8, 4) is 0 Å². The van der Waals surface area contributed by atoms with E-state index in [1.165, 1.54) is 11.3 Å². The van der Waals surface area contributed by atoms with E-state index in [1.807, 2.05) is 17.5 Å². The van der Waals surface area contributed by atoms with Crippen molar-refractivity contribution in [2.75, 3.05) is 5.32 Å². The molecule has 0 atom stereocenters. The van der Waals surface area contributed by atoms with E-state index in [-0.39, 0.29) is 5.91 Å². The van der Waals surface area contributed by atoms with E-state index in [0.717, 1.165) is 0 Å². The third-order valence-corrected chi connectivity index (χ3v) is 3.13. The van der Waals surface area contributed by atoms with Crippen molar-refractivity contribution in [3.05, 3.63) is 46.9 Å². The van der Waals surface area contributed by atoms with Crippen molar-refractivity contribution in [2.24, 2.45) is 0 Å². The SMILES string of the molecule is O=C(Nc1cnc2cccnn12)c1cccs1. The number of thiophene rings is 1. The smallest absolute Gasteiger partial charge is 0.266 e. The van der Waals surface area contributed by atoms with Gasteiger partial charge in [-0.3, -0.25) is 4.79 Å². The molecule has 1 amide bonds. The van der Waals surface area contributed by atoms with Gasteiger partial charge in [0.15, 0.2) is 11.5 Å². The fourth-order valence-electron chi connectivity index (χ4n) is 1.50. The summed E-state index contributed by atoms with van der Waals surface area (Å²) in [5.74, 6) is 0.423. The number of nitrogens with zero attached hydrogens (tertiary/aromatic N) is 3. The van der Waals surface area contributed by atoms with Gasteiger partial charge in [-0.2, -0.15) is 9.61 Å². The van der Waals surface area contributed by atoms with Crippen LogP contribution in [0, 0.1) is 0 Å². The zero-order valence-corrected chi connectivity index (χ0v) is 9.52. The molecule has 5 nitrogen and oxygen atoms in total. The normalized spacial score (nSPS) is 10.6. The third kappa shape index (κ3) is 1.78. The van der Waals surface area contributed by atoms with Crippen LogP contribution in [0.5, 0.6) is 0 Å². The predicted molar refractivity (Wildman–Crippen MR) is 65.3 cm³/mol. The second kappa shape index (κ2) is 3.99. The zero-order chi connectivity index (χ0) is 11.7. The van der Waals surface area contributed by atoms with E-state index in [9.17, 15) is 4.79 Å². The molecule has 0 fully saturated rings. The predicted octanol–water partition coefficient (Wildman–Crippen LogP) is 2.04. The Bertz CT molecular complexity index is 659. The highest BCUT2D eigenvalue weighted by atomic mass is 32.1. The van der Waals surface area contributed by atoms with Gasteiger partial charge in [0, 0.05) is 6.20 Å². The number of nitrogens with one attached hydrogen (secondary N) is 1. The molecule has 6 heteroatoms. The summed E-state index contributed by atoms with van der Waals surface area (Å²) in [4.78, 5) is 16.7. The summed E-state index contributed by atoms with van der Waals surface area (Å²) < 4.78 is 1.59. The maximum absolute atomic E-state index is 11.8. The lowest BCUT2D eigenvalue weighted by molar-refractivity contribution is 0.103. The number of anilines is 1. The first kappa shape index (κ1) is 9.98. The molecule has 0 aliphatic rings. The molecule has 84 valence electrons. The van der Waals surface area contributed by atoms with Crippen LogP contribution in [0.15, 0.2) is 42.0 Å². The lowest BCUT2D eigenvalue weighted by Crippen LogP contribution is -2.12. The molecule has 0 aromatic carbocycles. The van der Waals surface area contributed by atoms with Crippen LogP contribution in [0.1, 0.15) is 9.67 Å². The van der Waals surface area contributed by atoms with Crippen LogP contribution in [0.2, 0.25) is 0 Å². The maximum Gasteiger partial charge on any atom is 0.266 e. The minimum atomic E-state index is -0.146. The summed E-state index contributed by atoms with van der Waals surface area (Å²) >= 11 is 1.40. The number of hydrogen-bond acceptors (Lipinski definition) is 4. The van der Waals surface area contributed by atoms with Crippen LogP contribution < -0.4 is 5.32 Å². The van der Waals surface area contributed by atoms with E-state index in [0.29, 0.717) is 16.3 Å². The van der Waals surface area contributed by atoms with Crippen molar-refractivity contribution >= 4 is 28.7 Å². The van der Waals surface area contributed by atoms with E-state index in [4.69, 9.17) is 0 Å². The number of fused-ring (bicyclic) bond motifs is 1. The highest BCUT2D eigenvalue weighted by molar-refractivity contribution is 7.12. The standard InChI is InChI=1S/C11H8N4OS/c16-11(8-3-2-6-17-8)14-10-7-12-9-4-1-5-13-15(9)10/h1-7H,(H,14,16). The lowest BCUT2D eigenvalue weighted by atomic mass is 10.4. The molecular formula is C11H8N4OS. The van der Waals surface area contributed by atoms with Crippen molar-refractivity contribution in [3.63, 3.8) is 0 Å². The van der Waals surface area contributed by atoms with Crippen LogP contribution in [0.4, 0.5) is 5.82 Å². The van der Waals surface area contributed by atoms with Gasteiger partial charge in [-0.05, 0) is 23.6 Å². The van der Waals surface area contributed by atoms with Gasteiger partial charge in [0.25, 0.3) is 5.91 Å².